The van der Waals surface area contributed by atoms with Crippen LogP contribution in [0.25, 0.3) is 0 Å². The minimum Gasteiger partial charge on any atom is -0.505 e. The van der Waals surface area contributed by atoms with Gasteiger partial charge in [0.25, 0.3) is 0 Å². The van der Waals surface area contributed by atoms with Crippen molar-refractivity contribution in [3.63, 3.8) is 0 Å². The van der Waals surface area contributed by atoms with E-state index in [0.29, 0.717) is 6.42 Å². The third-order valence-corrected chi connectivity index (χ3v) is 2.21. The fourth-order valence-corrected chi connectivity index (χ4v) is 1.64. The van der Waals surface area contributed by atoms with Crippen molar-refractivity contribution in [2.24, 2.45) is 5.73 Å². The van der Waals surface area contributed by atoms with Crippen molar-refractivity contribution in [2.45, 2.75) is 19.4 Å². The lowest BCUT2D eigenvalue weighted by Crippen LogP contribution is -2.17. The van der Waals surface area contributed by atoms with Gasteiger partial charge >= 0.3 is 0 Å². The quantitative estimate of drug-likeness (QED) is 0.804. The minimum atomic E-state index is -0.0724. The molecule has 1 atom stereocenters. The van der Waals surface area contributed by atoms with E-state index >= 15 is 0 Å². The number of aromatic hydroxyl groups is 1. The van der Waals surface area contributed by atoms with E-state index in [2.05, 4.69) is 0 Å². The number of benzene rings is 1. The monoisotopic (exact) mass is 219 g/mol. The molecule has 0 fully saturated rings. The summed E-state index contributed by atoms with van der Waals surface area (Å²) in [6.07, 6.45) is 0.694. The summed E-state index contributed by atoms with van der Waals surface area (Å²) in [5, 5.41) is 9.80. The molecule has 4 heteroatoms. The van der Waals surface area contributed by atoms with Crippen LogP contribution in [0.1, 0.15) is 12.5 Å². The van der Waals surface area contributed by atoms with Gasteiger partial charge in [0.15, 0.2) is 5.75 Å². The van der Waals surface area contributed by atoms with E-state index in [0.717, 1.165) is 5.56 Å². The van der Waals surface area contributed by atoms with Crippen molar-refractivity contribution in [3.05, 3.63) is 27.7 Å². The smallest absolute Gasteiger partial charge is 0.152 e. The van der Waals surface area contributed by atoms with Gasteiger partial charge in [0.05, 0.1) is 10.0 Å². The molecule has 0 saturated carbocycles. The van der Waals surface area contributed by atoms with Crippen molar-refractivity contribution < 1.29 is 5.11 Å². The second kappa shape index (κ2) is 4.18. The lowest BCUT2D eigenvalue weighted by Gasteiger charge is -2.07. The Morgan fingerprint density at radius 1 is 1.38 bits per heavy atom. The number of nitrogens with two attached hydrogens (primary N) is 1. The SMILES string of the molecule is CC(N)Cc1cc(Cl)c(O)c(Cl)c1. The van der Waals surface area contributed by atoms with Gasteiger partial charge in [-0.2, -0.15) is 0 Å². The lowest BCUT2D eigenvalue weighted by atomic mass is 10.1. The third-order valence-electron chi connectivity index (χ3n) is 1.63. The van der Waals surface area contributed by atoms with Crippen molar-refractivity contribution in [2.75, 3.05) is 0 Å². The summed E-state index contributed by atoms with van der Waals surface area (Å²) in [5.74, 6) is -0.0724. The third kappa shape index (κ3) is 2.76. The number of rotatable bonds is 2. The van der Waals surface area contributed by atoms with E-state index in [1.54, 1.807) is 12.1 Å². The highest BCUT2D eigenvalue weighted by atomic mass is 35.5. The van der Waals surface area contributed by atoms with Crippen molar-refractivity contribution in [1.29, 1.82) is 0 Å². The standard InChI is InChI=1S/C9H11Cl2NO/c1-5(12)2-6-3-7(10)9(13)8(11)4-6/h3-5,13H,2,12H2,1H3. The minimum absolute atomic E-state index is 0.0525. The Labute approximate surface area is 87.3 Å². The van der Waals surface area contributed by atoms with Crippen LogP contribution in [0.4, 0.5) is 0 Å². The first-order chi connectivity index (χ1) is 6.00. The molecule has 0 aliphatic carbocycles. The Kier molecular flexibility index (Phi) is 3.42. The molecule has 2 nitrogen and oxygen atoms in total. The van der Waals surface area contributed by atoms with E-state index in [1.807, 2.05) is 6.92 Å². The first-order valence-electron chi connectivity index (χ1n) is 3.93. The molecule has 72 valence electrons. The van der Waals surface area contributed by atoms with Gasteiger partial charge < -0.3 is 10.8 Å². The fraction of sp³-hybridized carbons (Fsp3) is 0.333. The number of hydrogen-bond donors (Lipinski definition) is 2. The zero-order valence-corrected chi connectivity index (χ0v) is 8.73. The second-order valence-electron chi connectivity index (χ2n) is 3.09. The summed E-state index contributed by atoms with van der Waals surface area (Å²) < 4.78 is 0. The Hall–Kier alpha value is -0.440. The van der Waals surface area contributed by atoms with Gasteiger partial charge in [0.2, 0.25) is 0 Å². The molecule has 0 bridgehead atoms. The van der Waals surface area contributed by atoms with Gasteiger partial charge in [-0.15, -0.1) is 0 Å². The highest BCUT2D eigenvalue weighted by molar-refractivity contribution is 6.37. The molecule has 0 amide bonds. The van der Waals surface area contributed by atoms with E-state index in [1.165, 1.54) is 0 Å². The molecular formula is C9H11Cl2NO. The predicted octanol–water partition coefficient (Wildman–Crippen LogP) is 2.59. The summed E-state index contributed by atoms with van der Waals surface area (Å²) in [7, 11) is 0. The van der Waals surface area contributed by atoms with Crippen LogP contribution in [0.2, 0.25) is 10.0 Å². The van der Waals surface area contributed by atoms with Crippen LogP contribution in [-0.4, -0.2) is 11.1 Å². The molecule has 0 aliphatic rings. The molecule has 0 heterocycles. The van der Waals surface area contributed by atoms with Crippen LogP contribution in [0.5, 0.6) is 5.75 Å². The van der Waals surface area contributed by atoms with Crippen LogP contribution in [0.15, 0.2) is 12.1 Å². The van der Waals surface area contributed by atoms with Crippen LogP contribution in [0, 0.1) is 0 Å². The molecule has 13 heavy (non-hydrogen) atoms. The van der Waals surface area contributed by atoms with Gasteiger partial charge in [-0.3, -0.25) is 0 Å². The van der Waals surface area contributed by atoms with Crippen molar-refractivity contribution >= 4 is 23.2 Å². The molecule has 3 N–H and O–H groups in total. The molecule has 1 aromatic carbocycles. The van der Waals surface area contributed by atoms with Crippen LogP contribution in [-0.2, 0) is 6.42 Å². The Balaban J connectivity index is 2.99. The zero-order chi connectivity index (χ0) is 10.0. The first-order valence-corrected chi connectivity index (χ1v) is 4.68. The number of halogens is 2. The summed E-state index contributed by atoms with van der Waals surface area (Å²) in [6, 6.07) is 3.40. The molecule has 0 spiro atoms. The summed E-state index contributed by atoms with van der Waals surface area (Å²) in [6.45, 7) is 1.90. The molecule has 0 aliphatic heterocycles. The van der Waals surface area contributed by atoms with E-state index in [4.69, 9.17) is 28.9 Å². The number of phenolic OH excluding ortho intramolecular Hbond substituents is 1. The highest BCUT2D eigenvalue weighted by Gasteiger charge is 2.07. The number of hydrogen-bond acceptors (Lipinski definition) is 2. The maximum Gasteiger partial charge on any atom is 0.152 e. The summed E-state index contributed by atoms with van der Waals surface area (Å²) >= 11 is 11.5. The van der Waals surface area contributed by atoms with Gasteiger partial charge in [0.1, 0.15) is 0 Å². The van der Waals surface area contributed by atoms with Gasteiger partial charge in [-0.1, -0.05) is 23.2 Å². The van der Waals surface area contributed by atoms with Gasteiger partial charge in [-0.25, -0.2) is 0 Å². The van der Waals surface area contributed by atoms with E-state index < -0.39 is 0 Å². The van der Waals surface area contributed by atoms with Crippen LogP contribution < -0.4 is 5.73 Å². The topological polar surface area (TPSA) is 46.2 Å². The normalized spacial score (nSPS) is 12.9. The van der Waals surface area contributed by atoms with Crippen molar-refractivity contribution in [1.82, 2.24) is 0 Å². The zero-order valence-electron chi connectivity index (χ0n) is 7.22. The molecule has 0 radical (unpaired) electrons. The maximum atomic E-state index is 9.27. The second-order valence-corrected chi connectivity index (χ2v) is 3.90. The van der Waals surface area contributed by atoms with Crippen LogP contribution >= 0.6 is 23.2 Å². The fourth-order valence-electron chi connectivity index (χ4n) is 1.11. The molecular weight excluding hydrogens is 209 g/mol. The summed E-state index contributed by atoms with van der Waals surface area (Å²) in [4.78, 5) is 0. The number of phenols is 1. The average Bonchev–Trinajstić information content (AvgIpc) is 1.98. The molecule has 0 aromatic heterocycles. The first kappa shape index (κ1) is 10.6. The molecule has 1 unspecified atom stereocenters. The van der Waals surface area contributed by atoms with Gasteiger partial charge in [-0.05, 0) is 31.0 Å². The largest absolute Gasteiger partial charge is 0.505 e. The molecule has 1 rings (SSSR count). The Bertz CT molecular complexity index is 289. The van der Waals surface area contributed by atoms with E-state index in [9.17, 15) is 5.11 Å². The summed E-state index contributed by atoms with van der Waals surface area (Å²) in [5.41, 5.74) is 6.55. The van der Waals surface area contributed by atoms with E-state index in [-0.39, 0.29) is 21.8 Å². The lowest BCUT2D eigenvalue weighted by molar-refractivity contribution is 0.475. The van der Waals surface area contributed by atoms with Crippen LogP contribution in [0.3, 0.4) is 0 Å². The maximum absolute atomic E-state index is 9.27. The van der Waals surface area contributed by atoms with Gasteiger partial charge in [0, 0.05) is 6.04 Å². The average molecular weight is 220 g/mol. The molecule has 1 aromatic rings. The molecule has 0 saturated heterocycles. The Morgan fingerprint density at radius 2 is 1.85 bits per heavy atom. The highest BCUT2D eigenvalue weighted by Crippen LogP contribution is 2.32. The Morgan fingerprint density at radius 3 is 2.23 bits per heavy atom. The van der Waals surface area contributed by atoms with Crippen molar-refractivity contribution in [3.8, 4) is 5.75 Å². The predicted molar refractivity (Wildman–Crippen MR) is 55.5 cm³/mol.